The lowest BCUT2D eigenvalue weighted by atomic mass is 10.0. The van der Waals surface area contributed by atoms with E-state index in [2.05, 4.69) is 9.98 Å². The summed E-state index contributed by atoms with van der Waals surface area (Å²) in [4.78, 5) is 12.4. The largest absolute Gasteiger partial charge is 0.349 e. The Morgan fingerprint density at radius 3 is 2.88 bits per heavy atom. The Hall–Kier alpha value is -2.73. The number of hydrogen-bond acceptors (Lipinski definition) is 3. The first-order valence-electron chi connectivity index (χ1n) is 7.55. The first-order valence-corrected chi connectivity index (χ1v) is 7.93. The van der Waals surface area contributed by atoms with Gasteiger partial charge in [-0.25, -0.2) is 0 Å². The molecule has 3 N–H and O–H groups in total. The smallest absolute Gasteiger partial charge is 0.281 e. The summed E-state index contributed by atoms with van der Waals surface area (Å²) in [6.07, 6.45) is 11.3. The maximum absolute atomic E-state index is 6.67. The number of aromatic nitrogens is 1. The molecule has 6 heteroatoms. The van der Waals surface area contributed by atoms with Gasteiger partial charge in [-0.3, -0.25) is 4.99 Å². The van der Waals surface area contributed by atoms with Crippen LogP contribution in [0.15, 0.2) is 81.8 Å². The number of fused-ring (bicyclic) bond motifs is 2. The SMILES string of the molecule is N[N+]12C=CN=CC1=C(C1=CC=C1)N=C2c1cc2c(Cl)cccc2[nH]1. The molecule has 0 bridgehead atoms. The number of hydrogen-bond donors (Lipinski definition) is 2. The first-order chi connectivity index (χ1) is 11.7. The molecule has 0 radical (unpaired) electrons. The summed E-state index contributed by atoms with van der Waals surface area (Å²) in [5, 5.41) is 1.65. The van der Waals surface area contributed by atoms with Crippen molar-refractivity contribution in [3.63, 3.8) is 0 Å². The number of H-pyrrole nitrogens is 1. The Bertz CT molecular complexity index is 1080. The fourth-order valence-corrected chi connectivity index (χ4v) is 3.39. The van der Waals surface area contributed by atoms with E-state index in [9.17, 15) is 0 Å². The van der Waals surface area contributed by atoms with Crippen LogP contribution in [0.1, 0.15) is 5.69 Å². The van der Waals surface area contributed by atoms with E-state index in [-0.39, 0.29) is 4.59 Å². The van der Waals surface area contributed by atoms with Crippen LogP contribution in [0.2, 0.25) is 5.02 Å². The zero-order valence-corrected chi connectivity index (χ0v) is 13.3. The lowest BCUT2D eigenvalue weighted by molar-refractivity contribution is -0.750. The Morgan fingerprint density at radius 2 is 2.12 bits per heavy atom. The Labute approximate surface area is 143 Å². The van der Waals surface area contributed by atoms with E-state index in [1.807, 2.05) is 48.7 Å². The van der Waals surface area contributed by atoms with Gasteiger partial charge in [0.25, 0.3) is 5.84 Å². The molecule has 0 spiro atoms. The highest BCUT2D eigenvalue weighted by atomic mass is 35.5. The summed E-state index contributed by atoms with van der Waals surface area (Å²) in [5.74, 6) is 7.39. The second kappa shape index (κ2) is 4.64. The van der Waals surface area contributed by atoms with Crippen LogP contribution >= 0.6 is 11.6 Å². The molecule has 1 aromatic heterocycles. The Morgan fingerprint density at radius 1 is 1.25 bits per heavy atom. The third kappa shape index (κ3) is 1.71. The van der Waals surface area contributed by atoms with E-state index >= 15 is 0 Å². The number of benzene rings is 1. The van der Waals surface area contributed by atoms with E-state index in [0.29, 0.717) is 5.02 Å². The van der Waals surface area contributed by atoms with Crippen LogP contribution in [-0.4, -0.2) is 21.6 Å². The van der Waals surface area contributed by atoms with Gasteiger partial charge in [0.1, 0.15) is 17.6 Å². The highest BCUT2D eigenvalue weighted by Gasteiger charge is 2.45. The maximum Gasteiger partial charge on any atom is 0.281 e. The van der Waals surface area contributed by atoms with E-state index in [1.54, 1.807) is 12.4 Å². The highest BCUT2D eigenvalue weighted by Crippen LogP contribution is 2.37. The summed E-state index contributed by atoms with van der Waals surface area (Å²) in [7, 11) is 0. The van der Waals surface area contributed by atoms with Gasteiger partial charge in [0.2, 0.25) is 5.70 Å². The number of quaternary nitrogens is 1. The molecular weight excluding hydrogens is 322 g/mol. The summed E-state index contributed by atoms with van der Waals surface area (Å²) in [6.45, 7) is 0. The normalized spacial score (nSPS) is 24.2. The third-order valence-corrected chi connectivity index (χ3v) is 4.80. The van der Waals surface area contributed by atoms with E-state index in [1.165, 1.54) is 0 Å². The van der Waals surface area contributed by atoms with E-state index < -0.39 is 0 Å². The molecule has 0 fully saturated rings. The molecular formula is C18H13ClN5+. The van der Waals surface area contributed by atoms with Crippen LogP contribution in [-0.2, 0) is 0 Å². The standard InChI is InChI=1S/C18H13ClN5/c19-13-5-2-6-14-12(13)9-15(22-14)18-23-17(11-3-1-4-11)16-10-21-7-8-24(16,18)20/h1-10,22H,20H2/q+1. The zero-order valence-electron chi connectivity index (χ0n) is 12.6. The fraction of sp³-hybridized carbons (Fsp3) is 0. The van der Waals surface area contributed by atoms with Crippen LogP contribution in [0.5, 0.6) is 0 Å². The molecule has 2 aliphatic heterocycles. The molecule has 0 saturated carbocycles. The second-order valence-corrected chi connectivity index (χ2v) is 6.30. The van der Waals surface area contributed by atoms with Gasteiger partial charge in [0.05, 0.1) is 12.4 Å². The lowest BCUT2D eigenvalue weighted by Crippen LogP contribution is -2.53. The molecule has 1 atom stereocenters. The average Bonchev–Trinajstić information content (AvgIpc) is 3.06. The van der Waals surface area contributed by atoms with Crippen LogP contribution in [0.4, 0.5) is 0 Å². The van der Waals surface area contributed by atoms with Crippen molar-refractivity contribution in [1.29, 1.82) is 0 Å². The van der Waals surface area contributed by atoms with Crippen molar-refractivity contribution in [2.45, 2.75) is 0 Å². The predicted octanol–water partition coefficient (Wildman–Crippen LogP) is 3.54. The number of aromatic amines is 1. The monoisotopic (exact) mass is 334 g/mol. The molecule has 1 aromatic carbocycles. The van der Waals surface area contributed by atoms with Gasteiger partial charge >= 0.3 is 0 Å². The van der Waals surface area contributed by atoms with Crippen LogP contribution < -0.4 is 5.84 Å². The van der Waals surface area contributed by atoms with E-state index in [0.717, 1.165) is 39.4 Å². The molecule has 5 nitrogen and oxygen atoms in total. The second-order valence-electron chi connectivity index (χ2n) is 5.89. The number of allylic oxidation sites excluding steroid dienone is 4. The van der Waals surface area contributed by atoms with Crippen LogP contribution in [0.25, 0.3) is 10.9 Å². The van der Waals surface area contributed by atoms with Gasteiger partial charge in [-0.05, 0) is 18.2 Å². The van der Waals surface area contributed by atoms with Crippen molar-refractivity contribution in [3.8, 4) is 0 Å². The third-order valence-electron chi connectivity index (χ3n) is 4.47. The molecule has 1 aliphatic carbocycles. The van der Waals surface area contributed by atoms with Crippen molar-refractivity contribution in [1.82, 2.24) is 4.98 Å². The molecule has 3 heterocycles. The van der Waals surface area contributed by atoms with E-state index in [4.69, 9.17) is 22.4 Å². The van der Waals surface area contributed by atoms with Crippen molar-refractivity contribution < 1.29 is 4.59 Å². The van der Waals surface area contributed by atoms with Gasteiger partial charge in [0, 0.05) is 21.5 Å². The van der Waals surface area contributed by atoms with Crippen molar-refractivity contribution in [2.75, 3.05) is 0 Å². The molecule has 3 aliphatic rings. The highest BCUT2D eigenvalue weighted by molar-refractivity contribution is 6.35. The minimum Gasteiger partial charge on any atom is -0.349 e. The topological polar surface area (TPSA) is 66.5 Å². The number of rotatable bonds is 2. The fourth-order valence-electron chi connectivity index (χ4n) is 3.16. The molecule has 0 saturated heterocycles. The lowest BCUT2D eigenvalue weighted by Gasteiger charge is -2.25. The molecule has 116 valence electrons. The minimum absolute atomic E-state index is 0.00550. The summed E-state index contributed by atoms with van der Waals surface area (Å²) < 4.78 is -0.00550. The van der Waals surface area contributed by atoms with Gasteiger partial charge in [-0.1, -0.05) is 35.9 Å². The number of amidine groups is 1. The molecule has 1 unspecified atom stereocenters. The summed E-state index contributed by atoms with van der Waals surface area (Å²) in [6, 6.07) is 7.77. The Kier molecular flexibility index (Phi) is 2.65. The van der Waals surface area contributed by atoms with Crippen molar-refractivity contribution >= 4 is 34.6 Å². The summed E-state index contributed by atoms with van der Waals surface area (Å²) >= 11 is 6.30. The first kappa shape index (κ1) is 13.7. The van der Waals surface area contributed by atoms with Gasteiger partial charge in [-0.2, -0.15) is 10.8 Å². The van der Waals surface area contributed by atoms with Gasteiger partial charge in [-0.15, -0.1) is 4.59 Å². The minimum atomic E-state index is -0.00550. The quantitative estimate of drug-likeness (QED) is 0.640. The van der Waals surface area contributed by atoms with Crippen LogP contribution in [0.3, 0.4) is 0 Å². The number of nitrogens with zero attached hydrogens (tertiary/aromatic N) is 3. The number of aliphatic imine (C=N–C) groups is 2. The molecule has 24 heavy (non-hydrogen) atoms. The summed E-state index contributed by atoms with van der Waals surface area (Å²) in [5.41, 5.74) is 4.57. The van der Waals surface area contributed by atoms with Crippen molar-refractivity contribution in [3.05, 3.63) is 82.6 Å². The number of nitrogens with two attached hydrogens (primary N) is 1. The number of halogens is 1. The number of nitrogens with one attached hydrogen (secondary N) is 1. The average molecular weight is 335 g/mol. The molecule has 5 rings (SSSR count). The van der Waals surface area contributed by atoms with Crippen molar-refractivity contribution in [2.24, 2.45) is 15.8 Å². The van der Waals surface area contributed by atoms with Crippen LogP contribution in [0, 0.1) is 0 Å². The molecule has 2 aromatic rings. The predicted molar refractivity (Wildman–Crippen MR) is 96.2 cm³/mol. The van der Waals surface area contributed by atoms with Gasteiger partial charge < -0.3 is 4.98 Å². The Balaban J connectivity index is 1.71. The maximum atomic E-state index is 6.67. The molecule has 0 amide bonds. The van der Waals surface area contributed by atoms with Gasteiger partial charge in [0.15, 0.2) is 0 Å². The zero-order chi connectivity index (χ0) is 16.3.